The average Bonchev–Trinajstić information content (AvgIpc) is 2.19. The molecule has 0 aliphatic rings. The third-order valence-electron chi connectivity index (χ3n) is 2.08. The number of methoxy groups -OCH3 is 1. The topological polar surface area (TPSA) is 52.3 Å². The zero-order chi connectivity index (χ0) is 11.6. The van der Waals surface area contributed by atoms with Gasteiger partial charge in [0.1, 0.15) is 5.75 Å². The highest BCUT2D eigenvalue weighted by Gasteiger charge is 2.17. The van der Waals surface area contributed by atoms with Crippen LogP contribution in [0.5, 0.6) is 5.75 Å². The van der Waals surface area contributed by atoms with E-state index in [-0.39, 0.29) is 5.78 Å². The predicted octanol–water partition coefficient (Wildman–Crippen LogP) is 2.19. The van der Waals surface area contributed by atoms with E-state index in [1.165, 1.54) is 7.11 Å². The van der Waals surface area contributed by atoms with Gasteiger partial charge in [0.05, 0.1) is 18.2 Å². The number of hydrogen-bond acceptors (Lipinski definition) is 3. The molecule has 2 N–H and O–H groups in total. The lowest BCUT2D eigenvalue weighted by Crippen LogP contribution is -2.27. The molecule has 82 valence electrons. The molecule has 1 atom stereocenters. The van der Waals surface area contributed by atoms with Crippen molar-refractivity contribution in [2.75, 3.05) is 7.11 Å². The molecule has 0 spiro atoms. The maximum atomic E-state index is 11.7. The number of benzene rings is 1. The standard InChI is InChI=1S/C11H14ClNO2/c1-6-4-8(11(14)7(2)13)10(12)9(5-6)15-3/h4-5,7H,13H2,1-3H3. The number of carbonyl (C=O) groups excluding carboxylic acids is 1. The molecule has 3 nitrogen and oxygen atoms in total. The van der Waals surface area contributed by atoms with Gasteiger partial charge in [-0.2, -0.15) is 0 Å². The van der Waals surface area contributed by atoms with Gasteiger partial charge in [0.15, 0.2) is 5.78 Å². The van der Waals surface area contributed by atoms with Gasteiger partial charge >= 0.3 is 0 Å². The molecule has 0 radical (unpaired) electrons. The molecule has 0 heterocycles. The van der Waals surface area contributed by atoms with Crippen LogP contribution < -0.4 is 10.5 Å². The molecule has 0 saturated carbocycles. The van der Waals surface area contributed by atoms with E-state index >= 15 is 0 Å². The molecule has 0 amide bonds. The highest BCUT2D eigenvalue weighted by Crippen LogP contribution is 2.30. The lowest BCUT2D eigenvalue weighted by atomic mass is 10.0. The molecule has 1 aromatic rings. The lowest BCUT2D eigenvalue weighted by Gasteiger charge is -2.11. The molecule has 0 aliphatic carbocycles. The van der Waals surface area contributed by atoms with Crippen molar-refractivity contribution in [1.29, 1.82) is 0 Å². The van der Waals surface area contributed by atoms with E-state index < -0.39 is 6.04 Å². The summed E-state index contributed by atoms with van der Waals surface area (Å²) in [5.41, 5.74) is 6.87. The molecule has 0 saturated heterocycles. The lowest BCUT2D eigenvalue weighted by molar-refractivity contribution is 0.0967. The summed E-state index contributed by atoms with van der Waals surface area (Å²) in [5.74, 6) is 0.322. The van der Waals surface area contributed by atoms with Crippen molar-refractivity contribution in [3.05, 3.63) is 28.3 Å². The van der Waals surface area contributed by atoms with E-state index in [1.54, 1.807) is 19.1 Å². The van der Waals surface area contributed by atoms with E-state index in [2.05, 4.69) is 0 Å². The number of Topliss-reactive ketones (excluding diaryl/α,β-unsaturated/α-hetero) is 1. The Morgan fingerprint density at radius 2 is 2.13 bits per heavy atom. The van der Waals surface area contributed by atoms with Crippen molar-refractivity contribution >= 4 is 17.4 Å². The number of halogens is 1. The van der Waals surface area contributed by atoms with Crippen molar-refractivity contribution in [3.63, 3.8) is 0 Å². The second-order valence-corrected chi connectivity index (χ2v) is 3.86. The molecule has 0 aromatic heterocycles. The van der Waals surface area contributed by atoms with Crippen molar-refractivity contribution in [2.24, 2.45) is 5.73 Å². The molecule has 1 rings (SSSR count). The SMILES string of the molecule is COc1cc(C)cc(C(=O)C(C)N)c1Cl. The Bertz CT molecular complexity index is 388. The second-order valence-electron chi connectivity index (χ2n) is 3.48. The number of ether oxygens (including phenoxy) is 1. The molecular weight excluding hydrogens is 214 g/mol. The monoisotopic (exact) mass is 227 g/mol. The molecule has 0 aliphatic heterocycles. The quantitative estimate of drug-likeness (QED) is 0.806. The van der Waals surface area contributed by atoms with Gasteiger partial charge in [0, 0.05) is 5.56 Å². The van der Waals surface area contributed by atoms with Crippen LogP contribution in [0, 0.1) is 6.92 Å². The highest BCUT2D eigenvalue weighted by molar-refractivity contribution is 6.35. The number of carbonyl (C=O) groups is 1. The Labute approximate surface area is 94.2 Å². The summed E-state index contributed by atoms with van der Waals surface area (Å²) in [6, 6.07) is 2.94. The summed E-state index contributed by atoms with van der Waals surface area (Å²) >= 11 is 6.02. The molecule has 0 bridgehead atoms. The molecule has 4 heteroatoms. The maximum Gasteiger partial charge on any atom is 0.180 e. The maximum absolute atomic E-state index is 11.7. The highest BCUT2D eigenvalue weighted by atomic mass is 35.5. The first-order valence-electron chi connectivity index (χ1n) is 4.61. The van der Waals surface area contributed by atoms with Gasteiger partial charge in [-0.25, -0.2) is 0 Å². The van der Waals surface area contributed by atoms with Gasteiger partial charge < -0.3 is 10.5 Å². The molecule has 1 unspecified atom stereocenters. The number of nitrogens with two attached hydrogens (primary N) is 1. The molecule has 15 heavy (non-hydrogen) atoms. The zero-order valence-electron chi connectivity index (χ0n) is 9.00. The van der Waals surface area contributed by atoms with Crippen molar-refractivity contribution in [2.45, 2.75) is 19.9 Å². The zero-order valence-corrected chi connectivity index (χ0v) is 9.76. The van der Waals surface area contributed by atoms with Crippen LogP contribution in [0.2, 0.25) is 5.02 Å². The summed E-state index contributed by atoms with van der Waals surface area (Å²) < 4.78 is 5.07. The number of ketones is 1. The largest absolute Gasteiger partial charge is 0.495 e. The van der Waals surface area contributed by atoms with Crippen molar-refractivity contribution in [1.82, 2.24) is 0 Å². The van der Waals surface area contributed by atoms with E-state index in [0.29, 0.717) is 16.3 Å². The molecule has 1 aromatic carbocycles. The van der Waals surface area contributed by atoms with Crippen LogP contribution in [0.3, 0.4) is 0 Å². The third kappa shape index (κ3) is 2.49. The number of aryl methyl sites for hydroxylation is 1. The fraction of sp³-hybridized carbons (Fsp3) is 0.364. The number of rotatable bonds is 3. The summed E-state index contributed by atoms with van der Waals surface area (Å²) in [7, 11) is 1.51. The Balaban J connectivity index is 3.29. The first-order valence-corrected chi connectivity index (χ1v) is 4.99. The Kier molecular flexibility index (Phi) is 3.72. The van der Waals surface area contributed by atoms with E-state index in [0.717, 1.165) is 5.56 Å². The Morgan fingerprint density at radius 3 is 2.60 bits per heavy atom. The Morgan fingerprint density at radius 1 is 1.53 bits per heavy atom. The van der Waals surface area contributed by atoms with Gasteiger partial charge in [-0.05, 0) is 31.5 Å². The third-order valence-corrected chi connectivity index (χ3v) is 2.47. The van der Waals surface area contributed by atoms with Gasteiger partial charge in [0.2, 0.25) is 0 Å². The van der Waals surface area contributed by atoms with Crippen LogP contribution in [0.15, 0.2) is 12.1 Å². The van der Waals surface area contributed by atoms with E-state index in [4.69, 9.17) is 22.1 Å². The first-order chi connectivity index (χ1) is 6.97. The molecule has 0 fully saturated rings. The summed E-state index contributed by atoms with van der Waals surface area (Å²) in [4.78, 5) is 11.7. The van der Waals surface area contributed by atoms with Gasteiger partial charge in [-0.3, -0.25) is 4.79 Å². The van der Waals surface area contributed by atoms with Gasteiger partial charge in [-0.15, -0.1) is 0 Å². The molecular formula is C11H14ClNO2. The fourth-order valence-electron chi connectivity index (χ4n) is 1.31. The smallest absolute Gasteiger partial charge is 0.180 e. The minimum absolute atomic E-state index is 0.179. The number of hydrogen-bond donors (Lipinski definition) is 1. The summed E-state index contributed by atoms with van der Waals surface area (Å²) in [6.45, 7) is 3.50. The second kappa shape index (κ2) is 4.64. The van der Waals surface area contributed by atoms with Crippen LogP contribution in [-0.2, 0) is 0 Å². The summed E-state index contributed by atoms with van der Waals surface area (Å²) in [5, 5.41) is 0.324. The first kappa shape index (κ1) is 12.0. The van der Waals surface area contributed by atoms with Crippen LogP contribution in [-0.4, -0.2) is 18.9 Å². The van der Waals surface area contributed by atoms with Crippen molar-refractivity contribution in [3.8, 4) is 5.75 Å². The van der Waals surface area contributed by atoms with Crippen LogP contribution in [0.25, 0.3) is 0 Å². The van der Waals surface area contributed by atoms with Crippen LogP contribution >= 0.6 is 11.6 Å². The Hall–Kier alpha value is -1.06. The summed E-state index contributed by atoms with van der Waals surface area (Å²) in [6.07, 6.45) is 0. The van der Waals surface area contributed by atoms with E-state index in [1.807, 2.05) is 6.92 Å². The minimum atomic E-state index is -0.561. The predicted molar refractivity (Wildman–Crippen MR) is 60.7 cm³/mol. The van der Waals surface area contributed by atoms with Crippen LogP contribution in [0.1, 0.15) is 22.8 Å². The fourth-order valence-corrected chi connectivity index (χ4v) is 1.59. The average molecular weight is 228 g/mol. The van der Waals surface area contributed by atoms with Crippen molar-refractivity contribution < 1.29 is 9.53 Å². The van der Waals surface area contributed by atoms with E-state index in [9.17, 15) is 4.79 Å². The van der Waals surface area contributed by atoms with Gasteiger partial charge in [0.25, 0.3) is 0 Å². The minimum Gasteiger partial charge on any atom is -0.495 e. The van der Waals surface area contributed by atoms with Crippen LogP contribution in [0.4, 0.5) is 0 Å². The normalized spacial score (nSPS) is 12.3. The van der Waals surface area contributed by atoms with Gasteiger partial charge in [-0.1, -0.05) is 11.6 Å².